The van der Waals surface area contributed by atoms with Crippen LogP contribution < -0.4 is 10.3 Å². The first-order valence-corrected chi connectivity index (χ1v) is 13.2. The zero-order valence-corrected chi connectivity index (χ0v) is 23.2. The molecule has 0 aliphatic rings. The van der Waals surface area contributed by atoms with Gasteiger partial charge in [-0.25, -0.2) is 4.98 Å². The van der Waals surface area contributed by atoms with Gasteiger partial charge in [0.2, 0.25) is 0 Å². The van der Waals surface area contributed by atoms with Crippen molar-refractivity contribution in [2.45, 2.75) is 58.9 Å². The number of methoxy groups -OCH3 is 1. The first-order chi connectivity index (χ1) is 18.2. The molecule has 0 radical (unpaired) electrons. The Labute approximate surface area is 224 Å². The van der Waals surface area contributed by atoms with Gasteiger partial charge in [-0.1, -0.05) is 58.4 Å². The number of unbranched alkanes of at least 4 members (excludes halogenated alkanes) is 1. The lowest BCUT2D eigenvalue weighted by Gasteiger charge is -2.31. The van der Waals surface area contributed by atoms with Crippen LogP contribution in [0.2, 0.25) is 0 Å². The van der Waals surface area contributed by atoms with Crippen molar-refractivity contribution in [1.29, 1.82) is 0 Å². The largest absolute Gasteiger partial charge is 0.497 e. The van der Waals surface area contributed by atoms with E-state index in [2.05, 4.69) is 27.7 Å². The highest BCUT2D eigenvalue weighted by Crippen LogP contribution is 2.27. The first kappa shape index (κ1) is 27.1. The number of fused-ring (bicyclic) bond motifs is 1. The molecule has 1 atom stereocenters. The number of hydrogen-bond acceptors (Lipinski definition) is 4. The van der Waals surface area contributed by atoms with E-state index in [0.717, 1.165) is 12.8 Å². The van der Waals surface area contributed by atoms with E-state index >= 15 is 0 Å². The Bertz CT molecular complexity index is 1470. The lowest BCUT2D eigenvalue weighted by molar-refractivity contribution is 0.0678. The molecule has 198 valence electrons. The molecule has 3 aromatic carbocycles. The first-order valence-electron chi connectivity index (χ1n) is 13.2. The van der Waals surface area contributed by atoms with Crippen molar-refractivity contribution < 1.29 is 9.53 Å². The Hall–Kier alpha value is -3.93. The molecule has 4 aromatic rings. The molecule has 0 saturated carbocycles. The number of carbonyl (C=O) groups is 1. The SMILES string of the molecule is CCCCN(C(=O)c1ccc(C(C)(C)C)cc1)C(C)c1nc2ccccc2c(=O)n1-c1ccc(OC)cc1. The van der Waals surface area contributed by atoms with Gasteiger partial charge in [-0.05, 0) is 72.9 Å². The summed E-state index contributed by atoms with van der Waals surface area (Å²) in [4.78, 5) is 34.5. The zero-order chi connectivity index (χ0) is 27.4. The molecule has 1 unspecified atom stereocenters. The van der Waals surface area contributed by atoms with E-state index in [1.807, 2.05) is 78.6 Å². The number of para-hydroxylation sites is 1. The third kappa shape index (κ3) is 5.49. The summed E-state index contributed by atoms with van der Waals surface area (Å²) >= 11 is 0. The van der Waals surface area contributed by atoms with Gasteiger partial charge in [0.15, 0.2) is 0 Å². The fourth-order valence-corrected chi connectivity index (χ4v) is 4.63. The molecule has 1 amide bonds. The van der Waals surface area contributed by atoms with Crippen molar-refractivity contribution >= 4 is 16.8 Å². The lowest BCUT2D eigenvalue weighted by Crippen LogP contribution is -2.38. The fourth-order valence-electron chi connectivity index (χ4n) is 4.63. The second-order valence-corrected chi connectivity index (χ2v) is 10.7. The van der Waals surface area contributed by atoms with E-state index in [-0.39, 0.29) is 16.9 Å². The third-order valence-corrected chi connectivity index (χ3v) is 6.98. The van der Waals surface area contributed by atoms with Gasteiger partial charge in [-0.15, -0.1) is 0 Å². The maximum Gasteiger partial charge on any atom is 0.266 e. The molecular formula is C32H37N3O3. The summed E-state index contributed by atoms with van der Waals surface area (Å²) in [6, 6.07) is 22.1. The summed E-state index contributed by atoms with van der Waals surface area (Å²) in [5.74, 6) is 1.15. The molecule has 0 bridgehead atoms. The van der Waals surface area contributed by atoms with Crippen LogP contribution in [0.5, 0.6) is 5.75 Å². The molecule has 0 saturated heterocycles. The van der Waals surface area contributed by atoms with Gasteiger partial charge in [-0.2, -0.15) is 0 Å². The predicted molar refractivity (Wildman–Crippen MR) is 153 cm³/mol. The maximum absolute atomic E-state index is 13.9. The summed E-state index contributed by atoms with van der Waals surface area (Å²) in [5, 5.41) is 0.531. The van der Waals surface area contributed by atoms with Crippen molar-refractivity contribution in [3.8, 4) is 11.4 Å². The third-order valence-electron chi connectivity index (χ3n) is 6.98. The minimum absolute atomic E-state index is 0.000213. The summed E-state index contributed by atoms with van der Waals surface area (Å²) in [7, 11) is 1.61. The van der Waals surface area contributed by atoms with Crippen LogP contribution in [0.1, 0.15) is 75.2 Å². The van der Waals surface area contributed by atoms with E-state index < -0.39 is 6.04 Å². The quantitative estimate of drug-likeness (QED) is 0.264. The molecule has 1 heterocycles. The molecule has 0 aliphatic heterocycles. The van der Waals surface area contributed by atoms with Crippen LogP contribution in [0.25, 0.3) is 16.6 Å². The average Bonchev–Trinajstić information content (AvgIpc) is 2.92. The van der Waals surface area contributed by atoms with E-state index in [0.29, 0.717) is 40.3 Å². The smallest absolute Gasteiger partial charge is 0.266 e. The molecule has 4 rings (SSSR count). The zero-order valence-electron chi connectivity index (χ0n) is 23.2. The van der Waals surface area contributed by atoms with Crippen molar-refractivity contribution in [3.63, 3.8) is 0 Å². The van der Waals surface area contributed by atoms with Crippen molar-refractivity contribution in [2.75, 3.05) is 13.7 Å². The highest BCUT2D eigenvalue weighted by Gasteiger charge is 2.28. The van der Waals surface area contributed by atoms with Crippen molar-refractivity contribution in [3.05, 3.63) is 100 Å². The van der Waals surface area contributed by atoms with Crippen LogP contribution in [0.4, 0.5) is 0 Å². The normalized spacial score (nSPS) is 12.4. The standard InChI is InChI=1S/C32H37N3O3/c1-7-8-21-34(30(36)23-13-15-24(16-14-23)32(3,4)5)22(2)29-33-28-12-10-9-11-27(28)31(37)35(29)25-17-19-26(38-6)20-18-25/h9-20,22H,7-8,21H2,1-6H3. The number of amides is 1. The second-order valence-electron chi connectivity index (χ2n) is 10.7. The van der Waals surface area contributed by atoms with Crippen LogP contribution in [0.15, 0.2) is 77.6 Å². The average molecular weight is 512 g/mol. The predicted octanol–water partition coefficient (Wildman–Crippen LogP) is 6.70. The fraction of sp³-hybridized carbons (Fsp3) is 0.344. The van der Waals surface area contributed by atoms with Crippen molar-refractivity contribution in [2.24, 2.45) is 0 Å². The minimum Gasteiger partial charge on any atom is -0.497 e. The topological polar surface area (TPSA) is 64.4 Å². The van der Waals surface area contributed by atoms with Crippen molar-refractivity contribution in [1.82, 2.24) is 14.5 Å². The number of benzene rings is 3. The van der Waals surface area contributed by atoms with E-state index in [4.69, 9.17) is 9.72 Å². The van der Waals surface area contributed by atoms with Crippen LogP contribution in [-0.4, -0.2) is 34.0 Å². The summed E-state index contributed by atoms with van der Waals surface area (Å²) in [6.45, 7) is 11.1. The molecule has 0 aliphatic carbocycles. The van der Waals surface area contributed by atoms with E-state index in [1.54, 1.807) is 17.7 Å². The van der Waals surface area contributed by atoms with E-state index in [1.165, 1.54) is 5.56 Å². The van der Waals surface area contributed by atoms with Gasteiger partial charge >= 0.3 is 0 Å². The van der Waals surface area contributed by atoms with Gasteiger partial charge in [-0.3, -0.25) is 14.2 Å². The Morgan fingerprint density at radius 3 is 2.26 bits per heavy atom. The number of carbonyl (C=O) groups excluding carboxylic acids is 1. The Morgan fingerprint density at radius 2 is 1.66 bits per heavy atom. The lowest BCUT2D eigenvalue weighted by atomic mass is 9.86. The Morgan fingerprint density at radius 1 is 1.00 bits per heavy atom. The molecule has 6 nitrogen and oxygen atoms in total. The summed E-state index contributed by atoms with van der Waals surface area (Å²) in [6.07, 6.45) is 1.78. The molecule has 0 N–H and O–H groups in total. The molecule has 0 fully saturated rings. The molecule has 1 aromatic heterocycles. The summed E-state index contributed by atoms with van der Waals surface area (Å²) < 4.78 is 6.95. The van der Waals surface area contributed by atoms with Gasteiger partial charge in [0, 0.05) is 12.1 Å². The Kier molecular flexibility index (Phi) is 8.00. The number of nitrogens with zero attached hydrogens (tertiary/aromatic N) is 3. The highest BCUT2D eigenvalue weighted by molar-refractivity contribution is 5.94. The van der Waals surface area contributed by atoms with Crippen LogP contribution in [0.3, 0.4) is 0 Å². The number of ether oxygens (including phenoxy) is 1. The molecule has 0 spiro atoms. The number of hydrogen-bond donors (Lipinski definition) is 0. The van der Waals surface area contributed by atoms with Gasteiger partial charge in [0.05, 0.1) is 29.7 Å². The van der Waals surface area contributed by atoms with Gasteiger partial charge in [0.1, 0.15) is 11.6 Å². The second kappa shape index (κ2) is 11.2. The highest BCUT2D eigenvalue weighted by atomic mass is 16.5. The van der Waals surface area contributed by atoms with Crippen LogP contribution in [-0.2, 0) is 5.41 Å². The van der Waals surface area contributed by atoms with Crippen LogP contribution in [0, 0.1) is 0 Å². The van der Waals surface area contributed by atoms with Gasteiger partial charge < -0.3 is 9.64 Å². The monoisotopic (exact) mass is 511 g/mol. The molecule has 38 heavy (non-hydrogen) atoms. The molecular weight excluding hydrogens is 474 g/mol. The van der Waals surface area contributed by atoms with E-state index in [9.17, 15) is 9.59 Å². The number of aromatic nitrogens is 2. The minimum atomic E-state index is -0.448. The number of rotatable bonds is 8. The van der Waals surface area contributed by atoms with Crippen LogP contribution >= 0.6 is 0 Å². The summed E-state index contributed by atoms with van der Waals surface area (Å²) in [5.41, 5.74) is 2.92. The Balaban J connectivity index is 1.84. The molecule has 6 heteroatoms. The maximum atomic E-state index is 13.9. The van der Waals surface area contributed by atoms with Gasteiger partial charge in [0.25, 0.3) is 11.5 Å².